The number of aliphatic hydroxyl groups is 1. The third-order valence-corrected chi connectivity index (χ3v) is 4.11. The van der Waals surface area contributed by atoms with E-state index >= 15 is 0 Å². The fourth-order valence-corrected chi connectivity index (χ4v) is 2.85. The SMILES string of the molecule is CCOC(=O)[C@H]1CC[C@](O)(c2cc(OC)ccc2F)CC1. The summed E-state index contributed by atoms with van der Waals surface area (Å²) in [7, 11) is 1.50. The van der Waals surface area contributed by atoms with E-state index in [9.17, 15) is 14.3 Å². The van der Waals surface area contributed by atoms with Gasteiger partial charge in [-0.05, 0) is 50.8 Å². The van der Waals surface area contributed by atoms with Crippen LogP contribution >= 0.6 is 0 Å². The van der Waals surface area contributed by atoms with Crippen LogP contribution in [0.1, 0.15) is 38.2 Å². The molecule has 0 unspecified atom stereocenters. The molecule has 2 rings (SSSR count). The molecule has 21 heavy (non-hydrogen) atoms. The molecule has 0 radical (unpaired) electrons. The number of benzene rings is 1. The molecule has 1 aliphatic rings. The Morgan fingerprint density at radius 2 is 2.10 bits per heavy atom. The van der Waals surface area contributed by atoms with Crippen LogP contribution in [0.15, 0.2) is 18.2 Å². The van der Waals surface area contributed by atoms with Crippen LogP contribution in [0.4, 0.5) is 4.39 Å². The molecule has 5 heteroatoms. The molecule has 1 N–H and O–H groups in total. The summed E-state index contributed by atoms with van der Waals surface area (Å²) in [6.45, 7) is 2.12. The minimum atomic E-state index is -1.25. The minimum absolute atomic E-state index is 0.209. The lowest BCUT2D eigenvalue weighted by molar-refractivity contribution is -0.151. The lowest BCUT2D eigenvalue weighted by atomic mass is 9.75. The minimum Gasteiger partial charge on any atom is -0.497 e. The van der Waals surface area contributed by atoms with Crippen molar-refractivity contribution in [1.82, 2.24) is 0 Å². The molecule has 0 bridgehead atoms. The Labute approximate surface area is 123 Å². The highest BCUT2D eigenvalue weighted by molar-refractivity contribution is 5.72. The van der Waals surface area contributed by atoms with Crippen LogP contribution in [0, 0.1) is 11.7 Å². The smallest absolute Gasteiger partial charge is 0.308 e. The van der Waals surface area contributed by atoms with Crippen molar-refractivity contribution in [3.05, 3.63) is 29.6 Å². The predicted molar refractivity (Wildman–Crippen MR) is 75.4 cm³/mol. The van der Waals surface area contributed by atoms with E-state index in [2.05, 4.69) is 0 Å². The van der Waals surface area contributed by atoms with Gasteiger partial charge in [-0.2, -0.15) is 0 Å². The topological polar surface area (TPSA) is 55.8 Å². The molecule has 0 spiro atoms. The number of hydrogen-bond acceptors (Lipinski definition) is 4. The molecule has 1 aromatic carbocycles. The predicted octanol–water partition coefficient (Wildman–Crippen LogP) is 2.78. The third-order valence-electron chi connectivity index (χ3n) is 4.11. The van der Waals surface area contributed by atoms with Crippen molar-refractivity contribution in [2.24, 2.45) is 5.92 Å². The van der Waals surface area contributed by atoms with E-state index in [4.69, 9.17) is 9.47 Å². The molecule has 0 aliphatic heterocycles. The molecule has 1 fully saturated rings. The number of esters is 1. The van der Waals surface area contributed by atoms with Crippen molar-refractivity contribution in [2.75, 3.05) is 13.7 Å². The molecule has 1 saturated carbocycles. The zero-order valence-corrected chi connectivity index (χ0v) is 12.4. The van der Waals surface area contributed by atoms with Crippen LogP contribution in [0.25, 0.3) is 0 Å². The molecule has 0 saturated heterocycles. The van der Waals surface area contributed by atoms with Crippen LogP contribution in [-0.4, -0.2) is 24.8 Å². The van der Waals surface area contributed by atoms with Gasteiger partial charge in [0.1, 0.15) is 11.6 Å². The standard InChI is InChI=1S/C16H21FO4/c1-3-21-15(18)11-6-8-16(19,9-7-11)13-10-12(20-2)4-5-14(13)17/h4-5,10-11,19H,3,6-9H2,1-2H3/t11-,16+. The van der Waals surface area contributed by atoms with E-state index in [0.29, 0.717) is 38.0 Å². The highest BCUT2D eigenvalue weighted by atomic mass is 19.1. The van der Waals surface area contributed by atoms with Gasteiger partial charge in [0.05, 0.1) is 25.2 Å². The number of carbonyl (C=O) groups excluding carboxylic acids is 1. The first-order valence-electron chi connectivity index (χ1n) is 7.23. The zero-order valence-electron chi connectivity index (χ0n) is 12.4. The summed E-state index contributed by atoms with van der Waals surface area (Å²) < 4.78 is 24.1. The molecule has 116 valence electrons. The van der Waals surface area contributed by atoms with Gasteiger partial charge in [-0.1, -0.05) is 0 Å². The van der Waals surface area contributed by atoms with Crippen molar-refractivity contribution in [2.45, 2.75) is 38.2 Å². The first-order chi connectivity index (χ1) is 10.00. The number of carbonyl (C=O) groups is 1. The summed E-state index contributed by atoms with van der Waals surface area (Å²) in [5.74, 6) is -0.384. The summed E-state index contributed by atoms with van der Waals surface area (Å²) >= 11 is 0. The van der Waals surface area contributed by atoms with Gasteiger partial charge in [-0.3, -0.25) is 4.79 Å². The van der Waals surface area contributed by atoms with Crippen molar-refractivity contribution >= 4 is 5.97 Å². The van der Waals surface area contributed by atoms with Crippen LogP contribution in [0.2, 0.25) is 0 Å². The maximum Gasteiger partial charge on any atom is 0.308 e. The maximum absolute atomic E-state index is 14.0. The molecule has 1 aromatic rings. The highest BCUT2D eigenvalue weighted by Gasteiger charge is 2.39. The molecule has 0 amide bonds. The van der Waals surface area contributed by atoms with E-state index in [0.717, 1.165) is 0 Å². The van der Waals surface area contributed by atoms with E-state index in [1.54, 1.807) is 6.92 Å². The van der Waals surface area contributed by atoms with Crippen LogP contribution < -0.4 is 4.74 Å². The molecular weight excluding hydrogens is 275 g/mol. The largest absolute Gasteiger partial charge is 0.497 e. The number of hydrogen-bond donors (Lipinski definition) is 1. The van der Waals surface area contributed by atoms with Gasteiger partial charge in [0.15, 0.2) is 0 Å². The average molecular weight is 296 g/mol. The summed E-state index contributed by atoms with van der Waals surface area (Å²) in [5, 5.41) is 10.7. The summed E-state index contributed by atoms with van der Waals surface area (Å²) in [4.78, 5) is 11.7. The van der Waals surface area contributed by atoms with E-state index in [1.807, 2.05) is 0 Å². The van der Waals surface area contributed by atoms with Gasteiger partial charge < -0.3 is 14.6 Å². The number of methoxy groups -OCH3 is 1. The lowest BCUT2D eigenvalue weighted by Crippen LogP contribution is -2.35. The van der Waals surface area contributed by atoms with E-state index < -0.39 is 11.4 Å². The Morgan fingerprint density at radius 1 is 1.43 bits per heavy atom. The van der Waals surface area contributed by atoms with Gasteiger partial charge in [-0.25, -0.2) is 4.39 Å². The molecule has 1 aliphatic carbocycles. The summed E-state index contributed by atoms with van der Waals surface area (Å²) in [6, 6.07) is 4.34. The van der Waals surface area contributed by atoms with Crippen LogP contribution in [0.3, 0.4) is 0 Å². The average Bonchev–Trinajstić information content (AvgIpc) is 2.48. The fourth-order valence-electron chi connectivity index (χ4n) is 2.85. The first-order valence-corrected chi connectivity index (χ1v) is 7.23. The van der Waals surface area contributed by atoms with Gasteiger partial charge in [-0.15, -0.1) is 0 Å². The molecule has 0 aromatic heterocycles. The molecule has 0 heterocycles. The summed E-state index contributed by atoms with van der Waals surface area (Å²) in [6.07, 6.45) is 1.65. The Kier molecular flexibility index (Phi) is 4.83. The third kappa shape index (κ3) is 3.35. The lowest BCUT2D eigenvalue weighted by Gasteiger charge is -2.35. The number of ether oxygens (including phenoxy) is 2. The Bertz CT molecular complexity index is 507. The van der Waals surface area contributed by atoms with Gasteiger partial charge in [0, 0.05) is 5.56 Å². The second kappa shape index (κ2) is 6.43. The van der Waals surface area contributed by atoms with E-state index in [-0.39, 0.29) is 17.5 Å². The van der Waals surface area contributed by atoms with Crippen molar-refractivity contribution in [3.63, 3.8) is 0 Å². The monoisotopic (exact) mass is 296 g/mol. The highest BCUT2D eigenvalue weighted by Crippen LogP contribution is 2.41. The first kappa shape index (κ1) is 15.8. The van der Waals surface area contributed by atoms with Gasteiger partial charge in [0.25, 0.3) is 0 Å². The van der Waals surface area contributed by atoms with Gasteiger partial charge >= 0.3 is 5.97 Å². The number of halogens is 1. The maximum atomic E-state index is 14.0. The normalized spacial score (nSPS) is 25.4. The van der Waals surface area contributed by atoms with Crippen molar-refractivity contribution in [1.29, 1.82) is 0 Å². The zero-order chi connectivity index (χ0) is 15.5. The Balaban J connectivity index is 2.13. The fraction of sp³-hybridized carbons (Fsp3) is 0.562. The second-order valence-corrected chi connectivity index (χ2v) is 5.40. The van der Waals surface area contributed by atoms with Crippen LogP contribution in [0.5, 0.6) is 5.75 Å². The number of rotatable bonds is 4. The molecule has 4 nitrogen and oxygen atoms in total. The Hall–Kier alpha value is -1.62. The summed E-state index contributed by atoms with van der Waals surface area (Å²) in [5.41, 5.74) is -1.01. The van der Waals surface area contributed by atoms with E-state index in [1.165, 1.54) is 25.3 Å². The Morgan fingerprint density at radius 3 is 2.67 bits per heavy atom. The molecular formula is C16H21FO4. The van der Waals surface area contributed by atoms with Crippen molar-refractivity contribution < 1.29 is 23.8 Å². The second-order valence-electron chi connectivity index (χ2n) is 5.40. The van der Waals surface area contributed by atoms with Gasteiger partial charge in [0.2, 0.25) is 0 Å². The van der Waals surface area contributed by atoms with Crippen molar-refractivity contribution in [3.8, 4) is 5.75 Å². The quantitative estimate of drug-likeness (QED) is 0.868. The molecule has 0 atom stereocenters. The van der Waals surface area contributed by atoms with Crippen LogP contribution in [-0.2, 0) is 15.1 Å².